The number of aromatic nitrogens is 2. The Hall–Kier alpha value is -2.96. The molecule has 4 N–H and O–H groups in total. The summed E-state index contributed by atoms with van der Waals surface area (Å²) in [7, 11) is 0. The fraction of sp³-hybridized carbons (Fsp3) is 0.211. The van der Waals surface area contributed by atoms with Crippen molar-refractivity contribution in [3.63, 3.8) is 0 Å². The van der Waals surface area contributed by atoms with E-state index >= 15 is 0 Å². The molecule has 0 saturated heterocycles. The van der Waals surface area contributed by atoms with Gasteiger partial charge in [-0.2, -0.15) is 0 Å². The number of nitrogens with zero attached hydrogens (tertiary/aromatic N) is 2. The van der Waals surface area contributed by atoms with Gasteiger partial charge in [-0.3, -0.25) is 9.59 Å². The van der Waals surface area contributed by atoms with Gasteiger partial charge in [0.1, 0.15) is 5.00 Å². The van der Waals surface area contributed by atoms with Crippen molar-refractivity contribution in [1.29, 1.82) is 0 Å². The van der Waals surface area contributed by atoms with Crippen molar-refractivity contribution < 1.29 is 19.1 Å². The van der Waals surface area contributed by atoms with Gasteiger partial charge in [0.05, 0.1) is 22.8 Å². The molecule has 0 atom stereocenters. The Balaban J connectivity index is 1.64. The van der Waals surface area contributed by atoms with Gasteiger partial charge in [0.15, 0.2) is 4.34 Å². The van der Waals surface area contributed by atoms with Crippen molar-refractivity contribution in [2.24, 2.45) is 5.73 Å². The molecule has 0 fully saturated rings. The van der Waals surface area contributed by atoms with Crippen LogP contribution in [0.2, 0.25) is 0 Å². The summed E-state index contributed by atoms with van der Waals surface area (Å²) in [5.74, 6) is -1.60. The summed E-state index contributed by atoms with van der Waals surface area (Å²) in [5, 5.41) is 14.8. The van der Waals surface area contributed by atoms with Gasteiger partial charge in [-0.1, -0.05) is 41.3 Å². The molecule has 0 aliphatic heterocycles. The predicted octanol–water partition coefficient (Wildman–Crippen LogP) is 3.66. The summed E-state index contributed by atoms with van der Waals surface area (Å²) in [6.45, 7) is 3.43. The Labute approximate surface area is 190 Å². The second-order valence-corrected chi connectivity index (χ2v) is 9.27. The van der Waals surface area contributed by atoms with Crippen LogP contribution >= 0.6 is 34.4 Å². The van der Waals surface area contributed by atoms with Crippen molar-refractivity contribution in [2.75, 3.05) is 23.0 Å². The molecule has 0 unspecified atom stereocenters. The quantitative estimate of drug-likeness (QED) is 0.314. The largest absolute Gasteiger partial charge is 0.462 e. The first-order chi connectivity index (χ1) is 14.9. The highest BCUT2D eigenvalue weighted by Gasteiger charge is 2.25. The number of benzene rings is 1. The number of amides is 2. The van der Waals surface area contributed by atoms with E-state index < -0.39 is 11.9 Å². The SMILES string of the molecule is CCOC(=O)c1c(NC(=O)CSc2nnc(Nc3ccccc3)s2)sc(C(N)=O)c1C. The molecule has 0 saturated carbocycles. The number of ether oxygens (including phenoxy) is 1. The molecule has 2 aromatic heterocycles. The predicted molar refractivity (Wildman–Crippen MR) is 123 cm³/mol. The summed E-state index contributed by atoms with van der Waals surface area (Å²) < 4.78 is 5.65. The van der Waals surface area contributed by atoms with E-state index in [1.54, 1.807) is 13.8 Å². The lowest BCUT2D eigenvalue weighted by atomic mass is 10.1. The second kappa shape index (κ2) is 10.4. The van der Waals surface area contributed by atoms with Crippen LogP contribution in [0, 0.1) is 6.92 Å². The van der Waals surface area contributed by atoms with E-state index in [0.29, 0.717) is 15.0 Å². The Morgan fingerprint density at radius 2 is 1.90 bits per heavy atom. The number of rotatable bonds is 9. The number of carbonyl (C=O) groups is 3. The smallest absolute Gasteiger partial charge is 0.341 e. The molecule has 12 heteroatoms. The molecule has 2 amide bonds. The monoisotopic (exact) mass is 477 g/mol. The van der Waals surface area contributed by atoms with Crippen LogP contribution in [0.3, 0.4) is 0 Å². The number of thiophene rings is 1. The summed E-state index contributed by atoms with van der Waals surface area (Å²) in [6.07, 6.45) is 0. The number of hydrogen-bond donors (Lipinski definition) is 3. The van der Waals surface area contributed by atoms with Gasteiger partial charge in [0.25, 0.3) is 5.91 Å². The molecule has 0 aliphatic carbocycles. The van der Waals surface area contributed by atoms with Crippen molar-refractivity contribution in [1.82, 2.24) is 10.2 Å². The van der Waals surface area contributed by atoms with Gasteiger partial charge >= 0.3 is 5.97 Å². The molecule has 162 valence electrons. The van der Waals surface area contributed by atoms with Crippen molar-refractivity contribution in [3.8, 4) is 0 Å². The standard InChI is InChI=1S/C19H19N5O4S3/c1-3-28-17(27)13-10(2)14(15(20)26)30-16(13)22-12(25)9-29-19-24-23-18(31-19)21-11-7-5-4-6-8-11/h4-8H,3,9H2,1-2H3,(H2,20,26)(H,21,23)(H,22,25). The maximum absolute atomic E-state index is 12.5. The third-order valence-corrected chi connectivity index (χ3v) is 7.06. The number of nitrogens with one attached hydrogen (secondary N) is 2. The van der Waals surface area contributed by atoms with Crippen molar-refractivity contribution in [2.45, 2.75) is 18.2 Å². The van der Waals surface area contributed by atoms with Gasteiger partial charge in [0, 0.05) is 5.69 Å². The molecule has 0 bridgehead atoms. The molecule has 3 aromatic rings. The van der Waals surface area contributed by atoms with Crippen LogP contribution in [-0.4, -0.2) is 40.3 Å². The first-order valence-electron chi connectivity index (χ1n) is 9.07. The van der Waals surface area contributed by atoms with Gasteiger partial charge in [0.2, 0.25) is 11.0 Å². The number of anilines is 3. The lowest BCUT2D eigenvalue weighted by Gasteiger charge is -2.06. The van der Waals surface area contributed by atoms with E-state index in [0.717, 1.165) is 17.0 Å². The Bertz CT molecular complexity index is 1100. The molecule has 0 radical (unpaired) electrons. The lowest BCUT2D eigenvalue weighted by molar-refractivity contribution is -0.113. The van der Waals surface area contributed by atoms with Crippen LogP contribution in [0.4, 0.5) is 15.8 Å². The maximum Gasteiger partial charge on any atom is 0.341 e. The number of thioether (sulfide) groups is 1. The third-order valence-electron chi connectivity index (χ3n) is 3.86. The van der Waals surface area contributed by atoms with Crippen molar-refractivity contribution in [3.05, 3.63) is 46.3 Å². The molecule has 9 nitrogen and oxygen atoms in total. The Morgan fingerprint density at radius 3 is 2.58 bits per heavy atom. The Morgan fingerprint density at radius 1 is 1.16 bits per heavy atom. The maximum atomic E-state index is 12.5. The van der Waals surface area contributed by atoms with Crippen LogP contribution in [0.1, 0.15) is 32.5 Å². The summed E-state index contributed by atoms with van der Waals surface area (Å²) >= 11 is 3.48. The van der Waals surface area contributed by atoms with Gasteiger partial charge in [-0.05, 0) is 31.5 Å². The fourth-order valence-corrected chi connectivity index (χ4v) is 5.17. The minimum Gasteiger partial charge on any atom is -0.462 e. The highest BCUT2D eigenvalue weighted by molar-refractivity contribution is 8.01. The number of carbonyl (C=O) groups excluding carboxylic acids is 3. The molecule has 1 aromatic carbocycles. The second-order valence-electron chi connectivity index (χ2n) is 6.05. The van der Waals surface area contributed by atoms with E-state index in [4.69, 9.17) is 10.5 Å². The molecular formula is C19H19N5O4S3. The number of primary amides is 1. The van der Waals surface area contributed by atoms with E-state index in [2.05, 4.69) is 20.8 Å². The highest BCUT2D eigenvalue weighted by Crippen LogP contribution is 2.34. The number of para-hydroxylation sites is 1. The fourth-order valence-electron chi connectivity index (χ4n) is 2.54. The number of nitrogens with two attached hydrogens (primary N) is 1. The van der Waals surface area contributed by atoms with E-state index in [9.17, 15) is 14.4 Å². The minimum atomic E-state index is -0.671. The number of esters is 1. The summed E-state index contributed by atoms with van der Waals surface area (Å²) in [4.78, 5) is 36.6. The first-order valence-corrected chi connectivity index (χ1v) is 11.7. The van der Waals surface area contributed by atoms with Gasteiger partial charge in [-0.15, -0.1) is 21.5 Å². The zero-order valence-corrected chi connectivity index (χ0v) is 19.1. The van der Waals surface area contributed by atoms with E-state index in [-0.39, 0.29) is 33.7 Å². The van der Waals surface area contributed by atoms with Crippen LogP contribution in [0.5, 0.6) is 0 Å². The van der Waals surface area contributed by atoms with Crippen LogP contribution in [0.15, 0.2) is 34.7 Å². The van der Waals surface area contributed by atoms with Gasteiger partial charge < -0.3 is 21.1 Å². The summed E-state index contributed by atoms with van der Waals surface area (Å²) in [6, 6.07) is 9.55. The molecule has 0 spiro atoms. The molecular weight excluding hydrogens is 458 g/mol. The Kier molecular flexibility index (Phi) is 7.60. The molecule has 2 heterocycles. The lowest BCUT2D eigenvalue weighted by Crippen LogP contribution is -2.16. The van der Waals surface area contributed by atoms with Crippen LogP contribution in [-0.2, 0) is 9.53 Å². The van der Waals surface area contributed by atoms with Crippen LogP contribution in [0.25, 0.3) is 0 Å². The zero-order chi connectivity index (χ0) is 22.4. The first kappa shape index (κ1) is 22.7. The average molecular weight is 478 g/mol. The third kappa shape index (κ3) is 5.81. The van der Waals surface area contributed by atoms with E-state index in [1.807, 2.05) is 30.3 Å². The number of hydrogen-bond acceptors (Lipinski definition) is 10. The van der Waals surface area contributed by atoms with E-state index in [1.165, 1.54) is 23.1 Å². The molecule has 31 heavy (non-hydrogen) atoms. The summed E-state index contributed by atoms with van der Waals surface area (Å²) in [5.41, 5.74) is 6.79. The normalized spacial score (nSPS) is 10.5. The van der Waals surface area contributed by atoms with Gasteiger partial charge in [-0.25, -0.2) is 4.79 Å². The van der Waals surface area contributed by atoms with Crippen LogP contribution < -0.4 is 16.4 Å². The average Bonchev–Trinajstić information content (AvgIpc) is 3.31. The topological polar surface area (TPSA) is 136 Å². The minimum absolute atomic E-state index is 0.0467. The zero-order valence-electron chi connectivity index (χ0n) is 16.6. The highest BCUT2D eigenvalue weighted by atomic mass is 32.2. The van der Waals surface area contributed by atoms with Crippen molar-refractivity contribution >= 4 is 68.0 Å². The molecule has 3 rings (SSSR count). The molecule has 0 aliphatic rings.